The first-order valence-corrected chi connectivity index (χ1v) is 34.3. The third-order valence-electron chi connectivity index (χ3n) is 16.3. The highest BCUT2D eigenvalue weighted by Gasteiger charge is 2.20. The SMILES string of the molecule is CCCCCCCCCCCCCCCCCCCCC(=O)OC[C@@H](COC(=O)CCCCCCCCCCCCCCCCCCCCC(C)CC)OC(=O)CCCCCCCCCCCCCCCCC(C)C. The van der Waals surface area contributed by atoms with Crippen LogP contribution in [0.15, 0.2) is 0 Å². The number of esters is 3. The molecule has 0 radical (unpaired) electrons. The van der Waals surface area contributed by atoms with Gasteiger partial charge in [0.2, 0.25) is 0 Å². The van der Waals surface area contributed by atoms with Crippen LogP contribution >= 0.6 is 0 Å². The summed E-state index contributed by atoms with van der Waals surface area (Å²) in [4.78, 5) is 38.4. The Hall–Kier alpha value is -1.59. The van der Waals surface area contributed by atoms with Crippen molar-refractivity contribution in [2.75, 3.05) is 13.2 Å². The second kappa shape index (κ2) is 61.6. The third-order valence-corrected chi connectivity index (χ3v) is 16.3. The Kier molecular flexibility index (Phi) is 60.3. The molecule has 0 aromatic rings. The molecule has 0 heterocycles. The van der Waals surface area contributed by atoms with Crippen molar-refractivity contribution in [3.8, 4) is 0 Å². The van der Waals surface area contributed by atoms with Gasteiger partial charge in [0.1, 0.15) is 13.2 Å². The zero-order valence-electron chi connectivity index (χ0n) is 51.7. The van der Waals surface area contributed by atoms with Crippen molar-refractivity contribution in [3.63, 3.8) is 0 Å². The lowest BCUT2D eigenvalue weighted by molar-refractivity contribution is -0.167. The molecule has 75 heavy (non-hydrogen) atoms. The highest BCUT2D eigenvalue weighted by atomic mass is 16.6. The predicted octanol–water partition coefficient (Wildman–Crippen LogP) is 23.2. The van der Waals surface area contributed by atoms with Crippen LogP contribution in [0, 0.1) is 11.8 Å². The van der Waals surface area contributed by atoms with E-state index in [-0.39, 0.29) is 31.1 Å². The number of ether oxygens (including phenoxy) is 3. The van der Waals surface area contributed by atoms with Gasteiger partial charge in [-0.2, -0.15) is 0 Å². The van der Waals surface area contributed by atoms with E-state index in [2.05, 4.69) is 34.6 Å². The summed E-state index contributed by atoms with van der Waals surface area (Å²) < 4.78 is 17.0. The molecular formula is C69H134O6. The molecule has 6 heteroatoms. The van der Waals surface area contributed by atoms with Crippen LogP contribution in [0.4, 0.5) is 0 Å². The molecular weight excluding hydrogens is 925 g/mol. The van der Waals surface area contributed by atoms with E-state index in [0.717, 1.165) is 69.6 Å². The van der Waals surface area contributed by atoms with Crippen LogP contribution in [0.3, 0.4) is 0 Å². The Labute approximate surface area is 469 Å². The van der Waals surface area contributed by atoms with E-state index >= 15 is 0 Å². The fourth-order valence-electron chi connectivity index (χ4n) is 10.8. The van der Waals surface area contributed by atoms with Crippen LogP contribution < -0.4 is 0 Å². The van der Waals surface area contributed by atoms with Crippen molar-refractivity contribution < 1.29 is 28.6 Å². The number of hydrogen-bond donors (Lipinski definition) is 0. The Balaban J connectivity index is 4.26. The van der Waals surface area contributed by atoms with E-state index < -0.39 is 6.10 Å². The summed E-state index contributed by atoms with van der Waals surface area (Å²) in [6.07, 6.45) is 69.6. The molecule has 1 unspecified atom stereocenters. The van der Waals surface area contributed by atoms with Crippen LogP contribution in [-0.4, -0.2) is 37.2 Å². The molecule has 0 rings (SSSR count). The van der Waals surface area contributed by atoms with Crippen molar-refractivity contribution in [3.05, 3.63) is 0 Å². The molecule has 0 aliphatic heterocycles. The zero-order valence-corrected chi connectivity index (χ0v) is 51.7. The average molecular weight is 1060 g/mol. The van der Waals surface area contributed by atoms with Gasteiger partial charge in [-0.25, -0.2) is 0 Å². The molecule has 0 spiro atoms. The molecule has 446 valence electrons. The molecule has 0 saturated heterocycles. The molecule has 0 aromatic carbocycles. The quantitative estimate of drug-likeness (QED) is 0.0343. The van der Waals surface area contributed by atoms with Gasteiger partial charge in [-0.3, -0.25) is 14.4 Å². The summed E-state index contributed by atoms with van der Waals surface area (Å²) >= 11 is 0. The summed E-state index contributed by atoms with van der Waals surface area (Å²) in [5.41, 5.74) is 0. The Morgan fingerprint density at radius 2 is 0.507 bits per heavy atom. The van der Waals surface area contributed by atoms with E-state index in [1.165, 1.54) is 283 Å². The van der Waals surface area contributed by atoms with Crippen molar-refractivity contribution in [2.45, 2.75) is 400 Å². The second-order valence-electron chi connectivity index (χ2n) is 24.5. The average Bonchev–Trinajstić information content (AvgIpc) is 3.40. The molecule has 0 saturated carbocycles. The Bertz CT molecular complexity index is 1150. The molecule has 2 atom stereocenters. The van der Waals surface area contributed by atoms with Gasteiger partial charge in [-0.15, -0.1) is 0 Å². The molecule has 6 nitrogen and oxygen atoms in total. The molecule has 0 bridgehead atoms. The van der Waals surface area contributed by atoms with Gasteiger partial charge in [0, 0.05) is 19.3 Å². The van der Waals surface area contributed by atoms with Gasteiger partial charge in [-0.05, 0) is 31.1 Å². The smallest absolute Gasteiger partial charge is 0.306 e. The van der Waals surface area contributed by atoms with E-state index in [1.807, 2.05) is 0 Å². The standard InChI is InChI=1S/C69H134O6/c1-6-8-9-10-11-12-13-14-15-16-20-23-29-34-39-44-49-54-59-67(70)73-62-66(75-69(72)61-56-51-46-41-36-31-26-25-27-32-37-42-47-52-57-64(3)4)63-74-68(71)60-55-50-45-40-35-30-24-21-18-17-19-22-28-33-38-43-48-53-58-65(5)7-2/h64-66H,6-63H2,1-5H3/t65?,66-/m0/s1. The van der Waals surface area contributed by atoms with Crippen molar-refractivity contribution in [2.24, 2.45) is 11.8 Å². The van der Waals surface area contributed by atoms with E-state index in [0.29, 0.717) is 19.3 Å². The molecule has 0 amide bonds. The fraction of sp³-hybridized carbons (Fsp3) is 0.957. The maximum atomic E-state index is 12.9. The number of rotatable bonds is 63. The van der Waals surface area contributed by atoms with Gasteiger partial charge in [0.25, 0.3) is 0 Å². The highest BCUT2D eigenvalue weighted by molar-refractivity contribution is 5.71. The van der Waals surface area contributed by atoms with Crippen LogP contribution in [0.5, 0.6) is 0 Å². The van der Waals surface area contributed by atoms with Gasteiger partial charge < -0.3 is 14.2 Å². The monoisotopic (exact) mass is 1060 g/mol. The van der Waals surface area contributed by atoms with Crippen molar-refractivity contribution in [1.29, 1.82) is 0 Å². The number of carbonyl (C=O) groups excluding carboxylic acids is 3. The second-order valence-corrected chi connectivity index (χ2v) is 24.5. The summed E-state index contributed by atoms with van der Waals surface area (Å²) in [5.74, 6) is 0.927. The van der Waals surface area contributed by atoms with E-state index in [1.54, 1.807) is 0 Å². The first-order chi connectivity index (χ1) is 36.8. The summed E-state index contributed by atoms with van der Waals surface area (Å²) in [6, 6.07) is 0. The summed E-state index contributed by atoms with van der Waals surface area (Å²) in [6.45, 7) is 11.5. The lowest BCUT2D eigenvalue weighted by Crippen LogP contribution is -2.30. The highest BCUT2D eigenvalue weighted by Crippen LogP contribution is 2.20. The normalized spacial score (nSPS) is 12.4. The van der Waals surface area contributed by atoms with Crippen LogP contribution in [0.25, 0.3) is 0 Å². The van der Waals surface area contributed by atoms with Gasteiger partial charge in [0.05, 0.1) is 0 Å². The van der Waals surface area contributed by atoms with Crippen molar-refractivity contribution >= 4 is 17.9 Å². The first-order valence-electron chi connectivity index (χ1n) is 34.3. The van der Waals surface area contributed by atoms with Crippen molar-refractivity contribution in [1.82, 2.24) is 0 Å². The third kappa shape index (κ3) is 61.5. The first kappa shape index (κ1) is 73.4. The van der Waals surface area contributed by atoms with Gasteiger partial charge >= 0.3 is 17.9 Å². The minimum absolute atomic E-state index is 0.0614. The minimum Gasteiger partial charge on any atom is -0.462 e. The molecule has 0 N–H and O–H groups in total. The Morgan fingerprint density at radius 3 is 0.760 bits per heavy atom. The van der Waals surface area contributed by atoms with E-state index in [9.17, 15) is 14.4 Å². The number of unbranched alkanes of at least 4 members (excludes halogenated alkanes) is 47. The minimum atomic E-state index is -0.764. The molecule has 0 aliphatic rings. The molecule has 0 aliphatic carbocycles. The number of carbonyl (C=O) groups is 3. The topological polar surface area (TPSA) is 78.9 Å². The fourth-order valence-corrected chi connectivity index (χ4v) is 10.8. The zero-order chi connectivity index (χ0) is 54.6. The maximum Gasteiger partial charge on any atom is 0.306 e. The lowest BCUT2D eigenvalue weighted by Gasteiger charge is -2.18. The Morgan fingerprint density at radius 1 is 0.280 bits per heavy atom. The summed E-state index contributed by atoms with van der Waals surface area (Å²) in [5, 5.41) is 0. The van der Waals surface area contributed by atoms with Gasteiger partial charge in [0.15, 0.2) is 6.10 Å². The van der Waals surface area contributed by atoms with Crippen LogP contribution in [0.1, 0.15) is 394 Å². The van der Waals surface area contributed by atoms with Gasteiger partial charge in [-0.1, -0.05) is 356 Å². The number of hydrogen-bond acceptors (Lipinski definition) is 6. The predicted molar refractivity (Wildman–Crippen MR) is 326 cm³/mol. The lowest BCUT2D eigenvalue weighted by atomic mass is 9.99. The van der Waals surface area contributed by atoms with E-state index in [4.69, 9.17) is 14.2 Å². The van der Waals surface area contributed by atoms with Crippen LogP contribution in [0.2, 0.25) is 0 Å². The molecule has 0 fully saturated rings. The van der Waals surface area contributed by atoms with Crippen LogP contribution in [-0.2, 0) is 28.6 Å². The maximum absolute atomic E-state index is 12.9. The summed E-state index contributed by atoms with van der Waals surface area (Å²) in [7, 11) is 0. The molecule has 0 aromatic heterocycles. The largest absolute Gasteiger partial charge is 0.462 e.